The molecule has 0 aliphatic heterocycles. The molecule has 98 valence electrons. The lowest BCUT2D eigenvalue weighted by Crippen LogP contribution is -2.21. The molecule has 2 rings (SSSR count). The van der Waals surface area contributed by atoms with Gasteiger partial charge in [0.2, 0.25) is 0 Å². The van der Waals surface area contributed by atoms with Gasteiger partial charge in [0, 0.05) is 14.6 Å². The van der Waals surface area contributed by atoms with E-state index in [2.05, 4.69) is 61.1 Å². The van der Waals surface area contributed by atoms with Gasteiger partial charge in [-0.05, 0) is 66.5 Å². The topological polar surface area (TPSA) is 12.0 Å². The molecule has 1 atom stereocenters. The van der Waals surface area contributed by atoms with Crippen molar-refractivity contribution in [1.82, 2.24) is 5.32 Å². The van der Waals surface area contributed by atoms with E-state index in [1.165, 1.54) is 29.5 Å². The lowest BCUT2D eigenvalue weighted by Gasteiger charge is -2.16. The molecule has 0 aliphatic carbocycles. The van der Waals surface area contributed by atoms with Crippen LogP contribution in [0, 0.1) is 20.8 Å². The van der Waals surface area contributed by atoms with Crippen LogP contribution in [0.1, 0.15) is 38.7 Å². The quantitative estimate of drug-likeness (QED) is 0.804. The van der Waals surface area contributed by atoms with Crippen molar-refractivity contribution in [2.75, 3.05) is 6.54 Å². The second-order valence-electron chi connectivity index (χ2n) is 4.44. The number of rotatable bonds is 4. The summed E-state index contributed by atoms with van der Waals surface area (Å²) in [7, 11) is 0. The number of hydrogen-bond acceptors (Lipinski definition) is 3. The van der Waals surface area contributed by atoms with Gasteiger partial charge in [0.1, 0.15) is 0 Å². The van der Waals surface area contributed by atoms with E-state index < -0.39 is 0 Å². The van der Waals surface area contributed by atoms with E-state index in [0.29, 0.717) is 6.04 Å². The van der Waals surface area contributed by atoms with Crippen molar-refractivity contribution in [3.05, 3.63) is 41.7 Å². The molecule has 0 aliphatic rings. The molecule has 2 aromatic rings. The molecule has 1 nitrogen and oxygen atoms in total. The third-order valence-corrected chi connectivity index (χ3v) is 5.90. The summed E-state index contributed by atoms with van der Waals surface area (Å²) in [4.78, 5) is 4.22. The van der Waals surface area contributed by atoms with Gasteiger partial charge >= 0.3 is 0 Å². The highest BCUT2D eigenvalue weighted by Crippen LogP contribution is 2.36. The van der Waals surface area contributed by atoms with Crippen LogP contribution >= 0.6 is 38.6 Å². The highest BCUT2D eigenvalue weighted by molar-refractivity contribution is 9.11. The van der Waals surface area contributed by atoms with E-state index in [1.54, 1.807) is 0 Å². The summed E-state index contributed by atoms with van der Waals surface area (Å²) in [5, 5.41) is 3.61. The molecular weight excluding hydrogens is 326 g/mol. The summed E-state index contributed by atoms with van der Waals surface area (Å²) in [5.41, 5.74) is 2.79. The zero-order valence-electron chi connectivity index (χ0n) is 11.1. The van der Waals surface area contributed by atoms with Gasteiger partial charge in [0.05, 0.1) is 9.83 Å². The van der Waals surface area contributed by atoms with Crippen LogP contribution in [-0.2, 0) is 0 Å². The highest BCUT2D eigenvalue weighted by Gasteiger charge is 2.19. The van der Waals surface area contributed by atoms with Gasteiger partial charge in [0.15, 0.2) is 0 Å². The summed E-state index contributed by atoms with van der Waals surface area (Å²) >= 11 is 7.30. The number of nitrogens with one attached hydrogen (secondary N) is 1. The van der Waals surface area contributed by atoms with Crippen LogP contribution in [0.3, 0.4) is 0 Å². The van der Waals surface area contributed by atoms with Crippen LogP contribution in [0.15, 0.2) is 15.9 Å². The molecule has 0 bridgehead atoms. The van der Waals surface area contributed by atoms with E-state index in [4.69, 9.17) is 0 Å². The van der Waals surface area contributed by atoms with E-state index in [0.717, 1.165) is 6.54 Å². The van der Waals surface area contributed by atoms with Crippen LogP contribution < -0.4 is 5.32 Å². The summed E-state index contributed by atoms with van der Waals surface area (Å²) in [6.07, 6.45) is 0. The summed E-state index contributed by atoms with van der Waals surface area (Å²) in [6.45, 7) is 9.73. The molecule has 0 radical (unpaired) electrons. The lowest BCUT2D eigenvalue weighted by atomic mass is 10.1. The van der Waals surface area contributed by atoms with Gasteiger partial charge in [-0.1, -0.05) is 6.92 Å². The van der Waals surface area contributed by atoms with Crippen molar-refractivity contribution in [3.8, 4) is 0 Å². The van der Waals surface area contributed by atoms with Crippen LogP contribution in [0.25, 0.3) is 0 Å². The van der Waals surface area contributed by atoms with Gasteiger partial charge in [-0.2, -0.15) is 0 Å². The fourth-order valence-corrected chi connectivity index (χ4v) is 4.94. The maximum Gasteiger partial charge on any atom is 0.0704 e. The van der Waals surface area contributed by atoms with Gasteiger partial charge in [-0.25, -0.2) is 0 Å². The minimum absolute atomic E-state index is 0.329. The average molecular weight is 344 g/mol. The Labute approximate surface area is 125 Å². The van der Waals surface area contributed by atoms with Gasteiger partial charge in [-0.15, -0.1) is 22.7 Å². The third kappa shape index (κ3) is 2.87. The largest absolute Gasteiger partial charge is 0.306 e. The Morgan fingerprint density at radius 1 is 1.17 bits per heavy atom. The van der Waals surface area contributed by atoms with Gasteiger partial charge < -0.3 is 5.32 Å². The number of halogens is 1. The Bertz CT molecular complexity index is 522. The van der Waals surface area contributed by atoms with E-state index in [9.17, 15) is 0 Å². The van der Waals surface area contributed by atoms with Crippen molar-refractivity contribution < 1.29 is 0 Å². The zero-order chi connectivity index (χ0) is 13.3. The number of hydrogen-bond donors (Lipinski definition) is 1. The Morgan fingerprint density at radius 3 is 2.33 bits per heavy atom. The second kappa shape index (κ2) is 5.87. The van der Waals surface area contributed by atoms with E-state index in [1.807, 2.05) is 22.7 Å². The molecule has 1 N–H and O–H groups in total. The summed E-state index contributed by atoms with van der Waals surface area (Å²) in [5.74, 6) is 0. The lowest BCUT2D eigenvalue weighted by molar-refractivity contribution is 0.639. The SMILES string of the molecule is CCNC(c1cc(C)c(C)s1)c1cc(Br)sc1C. The first-order valence-corrected chi connectivity index (χ1v) is 8.51. The Morgan fingerprint density at radius 2 is 1.89 bits per heavy atom. The van der Waals surface area contributed by atoms with Crippen molar-refractivity contribution >= 4 is 38.6 Å². The molecule has 4 heteroatoms. The minimum atomic E-state index is 0.329. The average Bonchev–Trinajstić information content (AvgIpc) is 2.79. The van der Waals surface area contributed by atoms with Crippen molar-refractivity contribution in [3.63, 3.8) is 0 Å². The zero-order valence-corrected chi connectivity index (χ0v) is 14.4. The predicted molar refractivity (Wildman–Crippen MR) is 86.1 cm³/mol. The van der Waals surface area contributed by atoms with E-state index >= 15 is 0 Å². The first-order valence-electron chi connectivity index (χ1n) is 6.09. The maximum absolute atomic E-state index is 3.61. The molecule has 0 saturated carbocycles. The normalized spacial score (nSPS) is 12.9. The van der Waals surface area contributed by atoms with Crippen molar-refractivity contribution in [2.45, 2.75) is 33.7 Å². The second-order valence-corrected chi connectivity index (χ2v) is 8.36. The van der Waals surface area contributed by atoms with Crippen molar-refractivity contribution in [2.24, 2.45) is 0 Å². The van der Waals surface area contributed by atoms with Crippen LogP contribution in [0.4, 0.5) is 0 Å². The fraction of sp³-hybridized carbons (Fsp3) is 0.429. The molecule has 0 spiro atoms. The molecule has 2 aromatic heterocycles. The maximum atomic E-state index is 3.61. The Kier molecular flexibility index (Phi) is 4.64. The molecule has 18 heavy (non-hydrogen) atoms. The van der Waals surface area contributed by atoms with Gasteiger partial charge in [-0.3, -0.25) is 0 Å². The first kappa shape index (κ1) is 14.3. The fourth-order valence-electron chi connectivity index (χ4n) is 2.06. The van der Waals surface area contributed by atoms with Crippen LogP contribution in [0.5, 0.6) is 0 Å². The molecular formula is C14H18BrNS2. The summed E-state index contributed by atoms with van der Waals surface area (Å²) < 4.78 is 1.21. The van der Waals surface area contributed by atoms with Gasteiger partial charge in [0.25, 0.3) is 0 Å². The van der Waals surface area contributed by atoms with Crippen LogP contribution in [-0.4, -0.2) is 6.54 Å². The first-order chi connectivity index (χ1) is 8.52. The monoisotopic (exact) mass is 343 g/mol. The predicted octanol–water partition coefficient (Wildman–Crippen LogP) is 5.20. The molecule has 0 fully saturated rings. The van der Waals surface area contributed by atoms with Crippen molar-refractivity contribution in [1.29, 1.82) is 0 Å². The highest BCUT2D eigenvalue weighted by atomic mass is 79.9. The molecule has 0 aromatic carbocycles. The molecule has 1 unspecified atom stereocenters. The Balaban J connectivity index is 2.42. The Hall–Kier alpha value is -0.160. The smallest absolute Gasteiger partial charge is 0.0704 e. The number of thiophene rings is 2. The number of aryl methyl sites for hydroxylation is 3. The molecule has 2 heterocycles. The molecule has 0 saturated heterocycles. The summed E-state index contributed by atoms with van der Waals surface area (Å²) in [6, 6.07) is 4.89. The minimum Gasteiger partial charge on any atom is -0.306 e. The van der Waals surface area contributed by atoms with E-state index in [-0.39, 0.29) is 0 Å². The van der Waals surface area contributed by atoms with Crippen LogP contribution in [0.2, 0.25) is 0 Å². The third-order valence-electron chi connectivity index (χ3n) is 3.11. The molecule has 0 amide bonds. The standard InChI is InChI=1S/C14H18BrNS2/c1-5-16-14(11-7-13(15)18-10(11)4)12-6-8(2)9(3)17-12/h6-7,14,16H,5H2,1-4H3.